The number of nitrogens with one attached hydrogen (secondary N) is 1. The van der Waals surface area contributed by atoms with E-state index in [1.807, 2.05) is 25.1 Å². The van der Waals surface area contributed by atoms with E-state index in [0.717, 1.165) is 16.8 Å². The molecule has 0 bridgehead atoms. The van der Waals surface area contributed by atoms with Gasteiger partial charge >= 0.3 is 0 Å². The Morgan fingerprint density at radius 1 is 1.41 bits per heavy atom. The third-order valence-corrected chi connectivity index (χ3v) is 3.88. The Morgan fingerprint density at radius 2 is 2.14 bits per heavy atom. The van der Waals surface area contributed by atoms with Gasteiger partial charge in [-0.3, -0.25) is 4.79 Å². The molecule has 22 heavy (non-hydrogen) atoms. The van der Waals surface area contributed by atoms with E-state index in [9.17, 15) is 4.79 Å². The Labute approximate surface area is 134 Å². The molecule has 1 N–H and O–H groups in total. The maximum atomic E-state index is 12.1. The minimum absolute atomic E-state index is 0.108. The normalized spacial score (nSPS) is 12.2. The summed E-state index contributed by atoms with van der Waals surface area (Å²) in [6.45, 7) is 3.97. The Kier molecular flexibility index (Phi) is 5.57. The second-order valence-electron chi connectivity index (χ2n) is 5.03. The van der Waals surface area contributed by atoms with Crippen molar-refractivity contribution in [1.82, 2.24) is 10.5 Å². The van der Waals surface area contributed by atoms with Gasteiger partial charge in [-0.2, -0.15) is 0 Å². The fourth-order valence-electron chi connectivity index (χ4n) is 2.24. The van der Waals surface area contributed by atoms with Crippen molar-refractivity contribution in [2.75, 3.05) is 13.7 Å². The number of nitrogens with zero attached hydrogens (tertiary/aromatic N) is 1. The molecule has 1 aromatic carbocycles. The van der Waals surface area contributed by atoms with Crippen LogP contribution in [0.25, 0.3) is 0 Å². The maximum Gasteiger partial charge on any atom is 0.224 e. The van der Waals surface area contributed by atoms with Crippen LogP contribution < -0.4 is 5.32 Å². The fraction of sp³-hybridized carbons (Fsp3) is 0.375. The largest absolute Gasteiger partial charge is 0.375 e. The summed E-state index contributed by atoms with van der Waals surface area (Å²) in [7, 11) is 1.59. The average molecular weight is 323 g/mol. The molecule has 0 saturated carbocycles. The highest BCUT2D eigenvalue weighted by atomic mass is 35.5. The summed E-state index contributed by atoms with van der Waals surface area (Å²) in [6.07, 6.45) is -0.0533. The summed E-state index contributed by atoms with van der Waals surface area (Å²) in [5.41, 5.74) is 2.41. The van der Waals surface area contributed by atoms with Gasteiger partial charge in [0.15, 0.2) is 0 Å². The number of halogens is 1. The molecule has 1 atom stereocenters. The number of carbonyl (C=O) groups excluding carboxylic acids is 1. The van der Waals surface area contributed by atoms with Gasteiger partial charge in [-0.25, -0.2) is 0 Å². The predicted octanol–water partition coefficient (Wildman–Crippen LogP) is 2.99. The fourth-order valence-corrected chi connectivity index (χ4v) is 2.50. The zero-order valence-corrected chi connectivity index (χ0v) is 13.6. The van der Waals surface area contributed by atoms with E-state index in [1.165, 1.54) is 0 Å². The van der Waals surface area contributed by atoms with Crippen molar-refractivity contribution in [3.63, 3.8) is 0 Å². The van der Waals surface area contributed by atoms with E-state index in [2.05, 4.69) is 10.5 Å². The Bertz CT molecular complexity index is 635. The van der Waals surface area contributed by atoms with Gasteiger partial charge in [0.2, 0.25) is 5.91 Å². The summed E-state index contributed by atoms with van der Waals surface area (Å²) in [5, 5.41) is 7.32. The quantitative estimate of drug-likeness (QED) is 0.888. The molecule has 2 aromatic rings. The molecule has 6 heteroatoms. The van der Waals surface area contributed by atoms with Gasteiger partial charge < -0.3 is 14.6 Å². The van der Waals surface area contributed by atoms with Crippen LogP contribution in [-0.4, -0.2) is 24.7 Å². The lowest BCUT2D eigenvalue weighted by Gasteiger charge is -2.17. The van der Waals surface area contributed by atoms with Crippen LogP contribution in [0.15, 0.2) is 28.8 Å². The first-order valence-corrected chi connectivity index (χ1v) is 7.36. The minimum atomic E-state index is -0.290. The number of carbonyl (C=O) groups is 1. The second-order valence-corrected chi connectivity index (χ2v) is 5.44. The molecule has 1 heterocycles. The van der Waals surface area contributed by atoms with Gasteiger partial charge in [0.1, 0.15) is 11.9 Å². The lowest BCUT2D eigenvalue weighted by molar-refractivity contribution is -0.121. The maximum absolute atomic E-state index is 12.1. The number of hydrogen-bond acceptors (Lipinski definition) is 4. The van der Waals surface area contributed by atoms with E-state index in [4.69, 9.17) is 20.9 Å². The van der Waals surface area contributed by atoms with Gasteiger partial charge in [-0.05, 0) is 19.9 Å². The third kappa shape index (κ3) is 3.87. The van der Waals surface area contributed by atoms with Crippen LogP contribution in [0.3, 0.4) is 0 Å². The number of amides is 1. The number of aromatic nitrogens is 1. The third-order valence-electron chi connectivity index (χ3n) is 3.54. The highest BCUT2D eigenvalue weighted by Gasteiger charge is 2.17. The van der Waals surface area contributed by atoms with E-state index < -0.39 is 0 Å². The van der Waals surface area contributed by atoms with Crippen molar-refractivity contribution in [3.05, 3.63) is 51.9 Å². The number of benzene rings is 1. The second kappa shape index (κ2) is 7.42. The number of rotatable bonds is 6. The molecule has 2 rings (SSSR count). The van der Waals surface area contributed by atoms with E-state index in [0.29, 0.717) is 17.3 Å². The molecule has 0 aliphatic carbocycles. The van der Waals surface area contributed by atoms with Crippen LogP contribution >= 0.6 is 11.6 Å². The van der Waals surface area contributed by atoms with Gasteiger partial charge in [0.05, 0.1) is 12.1 Å². The van der Waals surface area contributed by atoms with Crippen LogP contribution in [0.1, 0.15) is 28.7 Å². The zero-order chi connectivity index (χ0) is 16.1. The molecule has 0 spiro atoms. The van der Waals surface area contributed by atoms with Crippen LogP contribution in [0, 0.1) is 13.8 Å². The standard InChI is InChI=1S/C16H19ClN2O3/c1-10-13(11(2)22-19-10)8-16(20)18-9-15(21-3)12-6-4-5-7-14(12)17/h4-7,15H,8-9H2,1-3H3,(H,18,20)/t15-/m1/s1. The molecule has 1 amide bonds. The van der Waals surface area contributed by atoms with Gasteiger partial charge in [-0.15, -0.1) is 0 Å². The van der Waals surface area contributed by atoms with Gasteiger partial charge in [-0.1, -0.05) is 35.0 Å². The average Bonchev–Trinajstić information content (AvgIpc) is 2.81. The molecule has 0 saturated heterocycles. The molecular formula is C16H19ClN2O3. The summed E-state index contributed by atoms with van der Waals surface area (Å²) in [4.78, 5) is 12.1. The summed E-state index contributed by atoms with van der Waals surface area (Å²) < 4.78 is 10.5. The number of methoxy groups -OCH3 is 1. The van der Waals surface area contributed by atoms with Gasteiger partial charge in [0, 0.05) is 29.8 Å². The predicted molar refractivity (Wildman–Crippen MR) is 83.9 cm³/mol. The Morgan fingerprint density at radius 3 is 2.73 bits per heavy atom. The van der Waals surface area contributed by atoms with Crippen molar-refractivity contribution >= 4 is 17.5 Å². The lowest BCUT2D eigenvalue weighted by Crippen LogP contribution is -2.30. The lowest BCUT2D eigenvalue weighted by atomic mass is 10.1. The number of ether oxygens (including phenoxy) is 1. The summed E-state index contributed by atoms with van der Waals surface area (Å²) >= 11 is 6.16. The van der Waals surface area contributed by atoms with Crippen LogP contribution in [0.2, 0.25) is 5.02 Å². The van der Waals surface area contributed by atoms with Gasteiger partial charge in [0.25, 0.3) is 0 Å². The molecule has 0 aliphatic heterocycles. The Balaban J connectivity index is 1.96. The van der Waals surface area contributed by atoms with Crippen molar-refractivity contribution < 1.29 is 14.1 Å². The molecule has 1 aromatic heterocycles. The van der Waals surface area contributed by atoms with E-state index >= 15 is 0 Å². The number of aryl methyl sites for hydroxylation is 2. The Hall–Kier alpha value is -1.85. The SMILES string of the molecule is CO[C@H](CNC(=O)Cc1c(C)noc1C)c1ccccc1Cl. The van der Waals surface area contributed by atoms with Crippen molar-refractivity contribution in [1.29, 1.82) is 0 Å². The summed E-state index contributed by atoms with van der Waals surface area (Å²) in [5.74, 6) is 0.561. The highest BCUT2D eigenvalue weighted by molar-refractivity contribution is 6.31. The first-order valence-electron chi connectivity index (χ1n) is 6.98. The molecular weight excluding hydrogens is 304 g/mol. The highest BCUT2D eigenvalue weighted by Crippen LogP contribution is 2.24. The van der Waals surface area contributed by atoms with Crippen molar-refractivity contribution in [2.24, 2.45) is 0 Å². The van der Waals surface area contributed by atoms with Crippen molar-refractivity contribution in [3.8, 4) is 0 Å². The first kappa shape index (κ1) is 16.5. The monoisotopic (exact) mass is 322 g/mol. The molecule has 0 fully saturated rings. The summed E-state index contributed by atoms with van der Waals surface area (Å²) in [6, 6.07) is 7.43. The topological polar surface area (TPSA) is 64.4 Å². The van der Waals surface area contributed by atoms with E-state index in [1.54, 1.807) is 20.1 Å². The smallest absolute Gasteiger partial charge is 0.224 e. The van der Waals surface area contributed by atoms with Crippen LogP contribution in [0.4, 0.5) is 0 Å². The first-order chi connectivity index (χ1) is 10.5. The van der Waals surface area contributed by atoms with Crippen molar-refractivity contribution in [2.45, 2.75) is 26.4 Å². The van der Waals surface area contributed by atoms with E-state index in [-0.39, 0.29) is 18.4 Å². The molecule has 0 aliphatic rings. The zero-order valence-electron chi connectivity index (χ0n) is 12.9. The number of hydrogen-bond donors (Lipinski definition) is 1. The molecule has 0 radical (unpaired) electrons. The molecule has 5 nitrogen and oxygen atoms in total. The minimum Gasteiger partial charge on any atom is -0.375 e. The molecule has 0 unspecified atom stereocenters. The van der Waals surface area contributed by atoms with Crippen LogP contribution in [0.5, 0.6) is 0 Å². The van der Waals surface area contributed by atoms with Crippen LogP contribution in [-0.2, 0) is 16.0 Å². The molecule has 118 valence electrons.